The molecule has 1 aliphatic heterocycles. The normalized spacial score (nSPS) is 13.5. The van der Waals surface area contributed by atoms with E-state index in [4.69, 9.17) is 0 Å². The molecule has 0 saturated carbocycles. The van der Waals surface area contributed by atoms with Crippen LogP contribution in [-0.2, 0) is 16.1 Å². The Morgan fingerprint density at radius 2 is 1.88 bits per heavy atom. The van der Waals surface area contributed by atoms with Crippen LogP contribution in [0.15, 0.2) is 42.5 Å². The molecule has 0 aromatic heterocycles. The van der Waals surface area contributed by atoms with Crippen molar-refractivity contribution in [3.8, 4) is 0 Å². The molecule has 2 amide bonds. The first-order chi connectivity index (χ1) is 15.2. The zero-order valence-electron chi connectivity index (χ0n) is 19.0. The van der Waals surface area contributed by atoms with E-state index in [0.717, 1.165) is 11.3 Å². The Hall–Kier alpha value is -3.48. The Morgan fingerprint density at radius 3 is 2.53 bits per heavy atom. The minimum Gasteiger partial charge on any atom is -0.378 e. The summed E-state index contributed by atoms with van der Waals surface area (Å²) in [6.45, 7) is 3.51. The predicted molar refractivity (Wildman–Crippen MR) is 124 cm³/mol. The van der Waals surface area contributed by atoms with Gasteiger partial charge < -0.3 is 15.1 Å². The van der Waals surface area contributed by atoms with Gasteiger partial charge in [0.25, 0.3) is 11.8 Å². The Balaban J connectivity index is 1.75. The quantitative estimate of drug-likeness (QED) is 0.649. The smallest absolute Gasteiger partial charge is 0.255 e. The molecule has 32 heavy (non-hydrogen) atoms. The molecule has 2 aromatic rings. The number of anilines is 2. The van der Waals surface area contributed by atoms with Gasteiger partial charge in [0.15, 0.2) is 5.78 Å². The molecular weight excluding hydrogens is 406 g/mol. The first kappa shape index (κ1) is 23.2. The molecule has 0 bridgehead atoms. The summed E-state index contributed by atoms with van der Waals surface area (Å²) in [7, 11) is 3.82. The van der Waals surface area contributed by atoms with Crippen LogP contribution in [0.2, 0.25) is 0 Å². The number of fused-ring (bicyclic) bond motifs is 1. The van der Waals surface area contributed by atoms with Crippen molar-refractivity contribution < 1.29 is 19.2 Å². The van der Waals surface area contributed by atoms with E-state index in [1.54, 1.807) is 31.2 Å². The Labute approximate surface area is 188 Å². The monoisotopic (exact) mass is 435 g/mol. The highest BCUT2D eigenvalue weighted by molar-refractivity contribution is 6.06. The Morgan fingerprint density at radius 1 is 1.12 bits per heavy atom. The summed E-state index contributed by atoms with van der Waals surface area (Å²) in [5.74, 6) is -0.525. The van der Waals surface area contributed by atoms with E-state index < -0.39 is 6.04 Å². The van der Waals surface area contributed by atoms with Gasteiger partial charge in [-0.1, -0.05) is 13.0 Å². The average molecular weight is 436 g/mol. The molecule has 0 saturated heterocycles. The summed E-state index contributed by atoms with van der Waals surface area (Å²) in [5.41, 5.74) is 3.31. The third-order valence-corrected chi connectivity index (χ3v) is 5.76. The molecule has 7 heteroatoms. The van der Waals surface area contributed by atoms with E-state index in [1.165, 1.54) is 11.8 Å². The molecule has 0 radical (unpaired) electrons. The van der Waals surface area contributed by atoms with Gasteiger partial charge in [-0.3, -0.25) is 19.2 Å². The van der Waals surface area contributed by atoms with Crippen molar-refractivity contribution >= 4 is 34.8 Å². The van der Waals surface area contributed by atoms with Crippen LogP contribution in [0.1, 0.15) is 59.4 Å². The van der Waals surface area contributed by atoms with Gasteiger partial charge in [-0.25, -0.2) is 0 Å². The number of nitrogens with one attached hydrogen (secondary N) is 1. The van der Waals surface area contributed by atoms with Crippen LogP contribution in [0, 0.1) is 0 Å². The van der Waals surface area contributed by atoms with E-state index in [1.807, 2.05) is 37.2 Å². The van der Waals surface area contributed by atoms with Gasteiger partial charge in [-0.2, -0.15) is 0 Å². The summed E-state index contributed by atoms with van der Waals surface area (Å²) in [5, 5.41) is 2.88. The fourth-order valence-corrected chi connectivity index (χ4v) is 3.85. The van der Waals surface area contributed by atoms with Gasteiger partial charge in [0.05, 0.1) is 6.04 Å². The van der Waals surface area contributed by atoms with Crippen LogP contribution in [0.4, 0.5) is 11.4 Å². The fourth-order valence-electron chi connectivity index (χ4n) is 3.85. The molecule has 2 aromatic carbocycles. The highest BCUT2D eigenvalue weighted by Crippen LogP contribution is 2.29. The standard InChI is InChI=1S/C25H29N3O4/c1-5-21(30)10-12-23(16(2)29)28-15-18-13-19(9-11-22(18)25(28)32)26-24(31)17-7-6-8-20(14-17)27(3)4/h6-9,11,13-14,23H,5,10,12,15H2,1-4H3,(H,26,31). The number of carbonyl (C=O) groups excluding carboxylic acids is 4. The van der Waals surface area contributed by atoms with Gasteiger partial charge in [-0.15, -0.1) is 0 Å². The molecule has 0 spiro atoms. The molecule has 168 valence electrons. The lowest BCUT2D eigenvalue weighted by Crippen LogP contribution is -2.40. The number of nitrogens with zero attached hydrogens (tertiary/aromatic N) is 2. The SMILES string of the molecule is CCC(=O)CCC(C(C)=O)N1Cc2cc(NC(=O)c3cccc(N(C)C)c3)ccc2C1=O. The number of hydrogen-bond donors (Lipinski definition) is 1. The summed E-state index contributed by atoms with van der Waals surface area (Å²) >= 11 is 0. The zero-order chi connectivity index (χ0) is 23.4. The number of Topliss-reactive ketones (excluding diaryl/α,β-unsaturated/α-hetero) is 2. The third kappa shape index (κ3) is 5.04. The fraction of sp³-hybridized carbons (Fsp3) is 0.360. The van der Waals surface area contributed by atoms with Crippen molar-refractivity contribution in [3.05, 3.63) is 59.2 Å². The summed E-state index contributed by atoms with van der Waals surface area (Å²) in [4.78, 5) is 53.0. The van der Waals surface area contributed by atoms with Crippen molar-refractivity contribution in [3.63, 3.8) is 0 Å². The Bertz CT molecular complexity index is 1060. The first-order valence-electron chi connectivity index (χ1n) is 10.8. The third-order valence-electron chi connectivity index (χ3n) is 5.76. The molecule has 0 fully saturated rings. The van der Waals surface area contributed by atoms with Gasteiger partial charge >= 0.3 is 0 Å². The van der Waals surface area contributed by atoms with Crippen molar-refractivity contribution in [2.45, 2.75) is 45.7 Å². The minimum absolute atomic E-state index is 0.0729. The molecule has 1 atom stereocenters. The van der Waals surface area contributed by atoms with Gasteiger partial charge in [0, 0.05) is 56.0 Å². The Kier molecular flexibility index (Phi) is 7.08. The topological polar surface area (TPSA) is 86.8 Å². The van der Waals surface area contributed by atoms with Crippen molar-refractivity contribution in [1.82, 2.24) is 4.90 Å². The molecule has 0 aliphatic carbocycles. The van der Waals surface area contributed by atoms with Crippen molar-refractivity contribution in [2.24, 2.45) is 0 Å². The van der Waals surface area contributed by atoms with E-state index in [-0.39, 0.29) is 36.3 Å². The maximum atomic E-state index is 12.9. The summed E-state index contributed by atoms with van der Waals surface area (Å²) in [6.07, 6.45) is 1.01. The van der Waals surface area contributed by atoms with E-state index in [2.05, 4.69) is 5.32 Å². The second kappa shape index (κ2) is 9.77. The lowest BCUT2D eigenvalue weighted by Gasteiger charge is -2.25. The summed E-state index contributed by atoms with van der Waals surface area (Å²) in [6, 6.07) is 11.8. The van der Waals surface area contributed by atoms with Crippen LogP contribution < -0.4 is 10.2 Å². The first-order valence-corrected chi connectivity index (χ1v) is 10.8. The second-order valence-corrected chi connectivity index (χ2v) is 8.26. The van der Waals surface area contributed by atoms with Crippen LogP contribution in [-0.4, -0.2) is 48.4 Å². The van der Waals surface area contributed by atoms with E-state index in [0.29, 0.717) is 29.7 Å². The second-order valence-electron chi connectivity index (χ2n) is 8.26. The highest BCUT2D eigenvalue weighted by Gasteiger charge is 2.35. The summed E-state index contributed by atoms with van der Waals surface area (Å²) < 4.78 is 0. The molecule has 3 rings (SSSR count). The van der Waals surface area contributed by atoms with Crippen LogP contribution in [0.3, 0.4) is 0 Å². The minimum atomic E-state index is -0.628. The maximum absolute atomic E-state index is 12.9. The zero-order valence-corrected chi connectivity index (χ0v) is 19.0. The lowest BCUT2D eigenvalue weighted by molar-refractivity contribution is -0.122. The van der Waals surface area contributed by atoms with Crippen LogP contribution >= 0.6 is 0 Å². The molecule has 1 aliphatic rings. The van der Waals surface area contributed by atoms with E-state index >= 15 is 0 Å². The van der Waals surface area contributed by atoms with Gasteiger partial charge in [-0.05, 0) is 55.3 Å². The van der Waals surface area contributed by atoms with Gasteiger partial charge in [0.2, 0.25) is 0 Å². The number of ketones is 2. The lowest BCUT2D eigenvalue weighted by atomic mass is 10.0. The maximum Gasteiger partial charge on any atom is 0.255 e. The predicted octanol–water partition coefficient (Wildman–Crippen LogP) is 3.68. The van der Waals surface area contributed by atoms with Crippen LogP contribution in [0.5, 0.6) is 0 Å². The van der Waals surface area contributed by atoms with Crippen LogP contribution in [0.25, 0.3) is 0 Å². The largest absolute Gasteiger partial charge is 0.378 e. The molecule has 7 nitrogen and oxygen atoms in total. The van der Waals surface area contributed by atoms with E-state index in [9.17, 15) is 19.2 Å². The number of carbonyl (C=O) groups is 4. The van der Waals surface area contributed by atoms with Gasteiger partial charge in [0.1, 0.15) is 5.78 Å². The van der Waals surface area contributed by atoms with Crippen molar-refractivity contribution in [1.29, 1.82) is 0 Å². The number of hydrogen-bond acceptors (Lipinski definition) is 5. The molecule has 1 N–H and O–H groups in total. The number of benzene rings is 2. The highest BCUT2D eigenvalue weighted by atomic mass is 16.2. The van der Waals surface area contributed by atoms with Crippen molar-refractivity contribution in [2.75, 3.05) is 24.3 Å². The average Bonchev–Trinajstić information content (AvgIpc) is 3.09. The number of amides is 2. The molecule has 1 heterocycles. The number of rotatable bonds is 9. The molecular formula is C25H29N3O4. The molecule has 1 unspecified atom stereocenters.